The Bertz CT molecular complexity index is 398. The van der Waals surface area contributed by atoms with E-state index in [0.717, 1.165) is 24.2 Å². The second-order valence-corrected chi connectivity index (χ2v) is 3.51. The highest BCUT2D eigenvalue weighted by Gasteiger charge is 2.16. The van der Waals surface area contributed by atoms with Crippen molar-refractivity contribution in [3.63, 3.8) is 0 Å². The van der Waals surface area contributed by atoms with E-state index in [1.807, 2.05) is 7.05 Å². The average molecular weight is 212 g/mol. The number of aromatic nitrogens is 2. The van der Waals surface area contributed by atoms with Crippen LogP contribution in [0.25, 0.3) is 0 Å². The topological polar surface area (TPSA) is 68.6 Å². The van der Waals surface area contributed by atoms with E-state index >= 15 is 0 Å². The summed E-state index contributed by atoms with van der Waals surface area (Å²) >= 11 is 5.97. The van der Waals surface area contributed by atoms with Gasteiger partial charge in [-0.3, -0.25) is 4.68 Å². The van der Waals surface area contributed by atoms with Crippen LogP contribution in [0.15, 0.2) is 16.4 Å². The van der Waals surface area contributed by atoms with E-state index in [0.29, 0.717) is 10.9 Å². The molecule has 0 saturated heterocycles. The highest BCUT2D eigenvalue weighted by atomic mass is 35.5. The van der Waals surface area contributed by atoms with Gasteiger partial charge in [-0.2, -0.15) is 10.2 Å². The fraction of sp³-hybridized carbons (Fsp3) is 0.375. The summed E-state index contributed by atoms with van der Waals surface area (Å²) in [5, 5.41) is 12.5. The van der Waals surface area contributed by atoms with Crippen molar-refractivity contribution in [2.24, 2.45) is 23.0 Å². The molecule has 0 aliphatic carbocycles. The lowest BCUT2D eigenvalue weighted by molar-refractivity contribution is 0.755. The van der Waals surface area contributed by atoms with Gasteiger partial charge in [-0.15, -0.1) is 5.10 Å². The molecule has 74 valence electrons. The molecular formula is C8H10ClN5. The molecule has 1 aliphatic rings. The number of amidine groups is 1. The zero-order valence-corrected chi connectivity index (χ0v) is 8.49. The number of halogens is 1. The predicted molar refractivity (Wildman–Crippen MR) is 55.6 cm³/mol. The van der Waals surface area contributed by atoms with Crippen molar-refractivity contribution >= 4 is 23.1 Å². The smallest absolute Gasteiger partial charge is 0.122 e. The molecule has 0 spiro atoms. The molecular weight excluding hydrogens is 202 g/mol. The third-order valence-electron chi connectivity index (χ3n) is 2.08. The molecule has 6 heteroatoms. The van der Waals surface area contributed by atoms with Crippen LogP contribution < -0.4 is 5.73 Å². The molecule has 0 atom stereocenters. The second kappa shape index (κ2) is 3.42. The monoisotopic (exact) mass is 211 g/mol. The van der Waals surface area contributed by atoms with Crippen molar-refractivity contribution in [1.82, 2.24) is 9.78 Å². The highest BCUT2D eigenvalue weighted by Crippen LogP contribution is 2.19. The molecule has 0 bridgehead atoms. The fourth-order valence-electron chi connectivity index (χ4n) is 1.37. The molecule has 0 amide bonds. The Morgan fingerprint density at radius 1 is 1.43 bits per heavy atom. The van der Waals surface area contributed by atoms with Crippen molar-refractivity contribution in [2.75, 3.05) is 0 Å². The first-order valence-corrected chi connectivity index (χ1v) is 4.63. The van der Waals surface area contributed by atoms with Gasteiger partial charge in [0.2, 0.25) is 0 Å². The summed E-state index contributed by atoms with van der Waals surface area (Å²) in [6.07, 6.45) is 3.08. The number of aryl methyl sites for hydroxylation is 1. The summed E-state index contributed by atoms with van der Waals surface area (Å²) in [7, 11) is 1.82. The van der Waals surface area contributed by atoms with Gasteiger partial charge in [0.25, 0.3) is 0 Å². The first-order chi connectivity index (χ1) is 6.68. The summed E-state index contributed by atoms with van der Waals surface area (Å²) in [5.41, 5.74) is 7.17. The van der Waals surface area contributed by atoms with Gasteiger partial charge in [-0.25, -0.2) is 0 Å². The molecule has 2 N–H and O–H groups in total. The van der Waals surface area contributed by atoms with E-state index in [1.165, 1.54) is 0 Å². The van der Waals surface area contributed by atoms with Crippen molar-refractivity contribution in [1.29, 1.82) is 0 Å². The number of nitrogens with zero attached hydrogens (tertiary/aromatic N) is 4. The minimum atomic E-state index is 0.562. The Kier molecular flexibility index (Phi) is 2.25. The van der Waals surface area contributed by atoms with Gasteiger partial charge < -0.3 is 5.73 Å². The number of rotatable bonds is 1. The molecule has 14 heavy (non-hydrogen) atoms. The van der Waals surface area contributed by atoms with E-state index in [1.54, 1.807) is 10.9 Å². The van der Waals surface area contributed by atoms with Crippen LogP contribution >= 0.6 is 11.6 Å². The van der Waals surface area contributed by atoms with Gasteiger partial charge in [0.15, 0.2) is 0 Å². The van der Waals surface area contributed by atoms with E-state index in [-0.39, 0.29) is 0 Å². The Morgan fingerprint density at radius 3 is 2.71 bits per heavy atom. The third kappa shape index (κ3) is 1.50. The van der Waals surface area contributed by atoms with Gasteiger partial charge in [-0.1, -0.05) is 11.6 Å². The number of hydrogen-bond acceptors (Lipinski definition) is 4. The van der Waals surface area contributed by atoms with Gasteiger partial charge in [-0.05, 0) is 0 Å². The van der Waals surface area contributed by atoms with E-state index in [2.05, 4.69) is 15.3 Å². The van der Waals surface area contributed by atoms with Crippen LogP contribution in [0.3, 0.4) is 0 Å². The lowest BCUT2D eigenvalue weighted by atomic mass is 10.1. The Balaban J connectivity index is 2.41. The van der Waals surface area contributed by atoms with E-state index in [4.69, 9.17) is 17.3 Å². The van der Waals surface area contributed by atoms with E-state index in [9.17, 15) is 0 Å². The maximum atomic E-state index is 5.97. The molecule has 1 aromatic heterocycles. The normalized spacial score (nSPS) is 16.4. The fourth-order valence-corrected chi connectivity index (χ4v) is 1.65. The average Bonchev–Trinajstić information content (AvgIpc) is 2.49. The first-order valence-electron chi connectivity index (χ1n) is 4.25. The van der Waals surface area contributed by atoms with E-state index < -0.39 is 0 Å². The summed E-state index contributed by atoms with van der Waals surface area (Å²) in [6.45, 7) is 0. The molecule has 1 aliphatic heterocycles. The molecule has 2 heterocycles. The lowest BCUT2D eigenvalue weighted by Gasteiger charge is -2.09. The molecule has 0 fully saturated rings. The second-order valence-electron chi connectivity index (χ2n) is 3.10. The van der Waals surface area contributed by atoms with Crippen LogP contribution in [0.1, 0.15) is 18.5 Å². The maximum Gasteiger partial charge on any atom is 0.122 e. The van der Waals surface area contributed by atoms with Crippen molar-refractivity contribution < 1.29 is 0 Å². The lowest BCUT2D eigenvalue weighted by Crippen LogP contribution is -2.19. The standard InChI is InChI=1S/C8H10ClN5/c1-14-8(5(9)4-11-14)6-2-3-7(10)13-12-6/h4H,2-3H2,1H3,(H2,10,13). The largest absolute Gasteiger partial charge is 0.386 e. The van der Waals surface area contributed by atoms with Gasteiger partial charge in [0.05, 0.1) is 16.9 Å². The first kappa shape index (κ1) is 9.21. The highest BCUT2D eigenvalue weighted by molar-refractivity contribution is 6.34. The molecule has 0 unspecified atom stereocenters. The molecule has 0 saturated carbocycles. The minimum Gasteiger partial charge on any atom is -0.386 e. The van der Waals surface area contributed by atoms with Crippen LogP contribution in [0.5, 0.6) is 0 Å². The Morgan fingerprint density at radius 2 is 2.21 bits per heavy atom. The molecule has 0 aromatic carbocycles. The van der Waals surface area contributed by atoms with Crippen LogP contribution in [0.4, 0.5) is 0 Å². The number of hydrogen-bond donors (Lipinski definition) is 1. The van der Waals surface area contributed by atoms with Crippen LogP contribution in [0.2, 0.25) is 5.02 Å². The van der Waals surface area contributed by atoms with Crippen molar-refractivity contribution in [3.05, 3.63) is 16.9 Å². The van der Waals surface area contributed by atoms with Gasteiger partial charge >= 0.3 is 0 Å². The summed E-state index contributed by atoms with van der Waals surface area (Å²) in [5.74, 6) is 0.562. The Hall–Kier alpha value is -1.36. The van der Waals surface area contributed by atoms with Crippen molar-refractivity contribution in [2.45, 2.75) is 12.8 Å². The molecule has 5 nitrogen and oxygen atoms in total. The predicted octanol–water partition coefficient (Wildman–Crippen LogP) is 0.929. The van der Waals surface area contributed by atoms with Gasteiger partial charge in [0.1, 0.15) is 11.5 Å². The van der Waals surface area contributed by atoms with Crippen molar-refractivity contribution in [3.8, 4) is 0 Å². The van der Waals surface area contributed by atoms with Gasteiger partial charge in [0, 0.05) is 19.9 Å². The minimum absolute atomic E-state index is 0.562. The van der Waals surface area contributed by atoms with Crippen LogP contribution in [-0.4, -0.2) is 21.3 Å². The molecule has 2 rings (SSSR count). The summed E-state index contributed by atoms with van der Waals surface area (Å²) in [6, 6.07) is 0. The molecule has 0 radical (unpaired) electrons. The quantitative estimate of drug-likeness (QED) is 0.751. The Labute approximate surface area is 86.3 Å². The maximum absolute atomic E-state index is 5.97. The summed E-state index contributed by atoms with van der Waals surface area (Å²) < 4.78 is 1.69. The number of nitrogens with two attached hydrogens (primary N) is 1. The zero-order valence-electron chi connectivity index (χ0n) is 7.74. The summed E-state index contributed by atoms with van der Waals surface area (Å²) in [4.78, 5) is 0. The van der Waals surface area contributed by atoms with Crippen LogP contribution in [-0.2, 0) is 7.05 Å². The SMILES string of the molecule is Cn1ncc(Cl)c1C1=NN=C(N)CC1. The third-order valence-corrected chi connectivity index (χ3v) is 2.36. The molecule has 1 aromatic rings. The van der Waals surface area contributed by atoms with Crippen LogP contribution in [0, 0.1) is 0 Å². The zero-order chi connectivity index (χ0) is 10.1.